The van der Waals surface area contributed by atoms with E-state index in [0.717, 1.165) is 6.32 Å². The van der Waals surface area contributed by atoms with Gasteiger partial charge in [0.25, 0.3) is 7.48 Å². The van der Waals surface area contributed by atoms with Gasteiger partial charge >= 0.3 is 12.3 Å². The number of likely N-dealkylation sites (tertiary alicyclic amines) is 1. The summed E-state index contributed by atoms with van der Waals surface area (Å²) in [6.07, 6.45) is -2.57. The molecule has 4 atom stereocenters. The van der Waals surface area contributed by atoms with Crippen molar-refractivity contribution in [2.24, 2.45) is 17.8 Å². The molecule has 1 fully saturated rings. The molecule has 0 spiro atoms. The molecule has 1 heterocycles. The average Bonchev–Trinajstić information content (AvgIpc) is 3.07. The number of halogens is 3. The van der Waals surface area contributed by atoms with Crippen LogP contribution in [0.15, 0.2) is 0 Å². The van der Waals surface area contributed by atoms with Crippen molar-refractivity contribution >= 4 is 19.4 Å². The molecule has 1 aliphatic rings. The van der Waals surface area contributed by atoms with E-state index in [-0.39, 0.29) is 23.8 Å². The number of rotatable bonds is 12. The Morgan fingerprint density at radius 1 is 1.11 bits per heavy atom. The Morgan fingerprint density at radius 3 is 2.20 bits per heavy atom. The minimum atomic E-state index is -4.39. The van der Waals surface area contributed by atoms with Gasteiger partial charge in [0.05, 0.1) is 12.6 Å². The van der Waals surface area contributed by atoms with E-state index in [9.17, 15) is 22.8 Å². The van der Waals surface area contributed by atoms with Gasteiger partial charge in [-0.1, -0.05) is 40.4 Å². The molecule has 1 aliphatic heterocycles. The lowest BCUT2D eigenvalue weighted by atomic mass is 9.81. The van der Waals surface area contributed by atoms with Crippen LogP contribution in [0, 0.1) is 17.8 Å². The molecule has 204 valence electrons. The molecule has 3 unspecified atom stereocenters. The number of carbonyl (C=O) groups excluding carboxylic acids is 2. The Labute approximate surface area is 210 Å². The lowest BCUT2D eigenvalue weighted by Gasteiger charge is -2.31. The second kappa shape index (κ2) is 12.8. The number of nitrogens with one attached hydrogen (secondary N) is 1. The van der Waals surface area contributed by atoms with Crippen molar-refractivity contribution < 1.29 is 32.2 Å². The number of nitrogens with zero attached hydrogens (tertiary/aromatic N) is 1. The van der Waals surface area contributed by atoms with Crippen molar-refractivity contribution in [2.45, 2.75) is 117 Å². The van der Waals surface area contributed by atoms with Gasteiger partial charge in [0.2, 0.25) is 0 Å². The maximum Gasteiger partial charge on any atom is 0.410 e. The first-order valence-corrected chi connectivity index (χ1v) is 12.9. The summed E-state index contributed by atoms with van der Waals surface area (Å²) in [5.41, 5.74) is -1.05. The summed E-state index contributed by atoms with van der Waals surface area (Å²) in [6.45, 7) is 15.9. The first-order chi connectivity index (χ1) is 15.9. The second-order valence-corrected chi connectivity index (χ2v) is 11.7. The number of hydrogen-bond donors (Lipinski definition) is 1. The number of ketones is 1. The Morgan fingerprint density at radius 2 is 1.71 bits per heavy atom. The van der Waals surface area contributed by atoms with Gasteiger partial charge in [-0.15, -0.1) is 0 Å². The van der Waals surface area contributed by atoms with Crippen molar-refractivity contribution in [3.63, 3.8) is 0 Å². The van der Waals surface area contributed by atoms with Gasteiger partial charge in [-0.2, -0.15) is 13.2 Å². The fraction of sp³-hybridized carbons (Fsp3) is 0.920. The summed E-state index contributed by atoms with van der Waals surface area (Å²) in [7, 11) is 0.526. The van der Waals surface area contributed by atoms with Crippen LogP contribution >= 0.6 is 0 Å². The van der Waals surface area contributed by atoms with E-state index in [4.69, 9.17) is 9.39 Å². The van der Waals surface area contributed by atoms with Crippen molar-refractivity contribution in [2.75, 3.05) is 13.1 Å². The van der Waals surface area contributed by atoms with Crippen LogP contribution in [0.4, 0.5) is 18.0 Å². The van der Waals surface area contributed by atoms with Gasteiger partial charge in [0.1, 0.15) is 5.60 Å². The standard InChI is InChI=1S/C25H46BF3N2O4/c1-10-17(4)21(32)20-18(12-11-13-26-35-24(8,9)16(2)3)19(30-15-25(27,28)29)14-31(20)22(33)34-23(5,6)7/h16-20,26,30H,10-15H2,1-9H3/t17?,18?,19-,20?/m0/s1. The van der Waals surface area contributed by atoms with Gasteiger partial charge in [0.15, 0.2) is 5.78 Å². The quantitative estimate of drug-likeness (QED) is 0.285. The Kier molecular flexibility index (Phi) is 11.6. The molecular formula is C25H46BF3N2O4. The Bertz CT molecular complexity index is 695. The third-order valence-electron chi connectivity index (χ3n) is 7.03. The van der Waals surface area contributed by atoms with E-state index < -0.39 is 42.4 Å². The Balaban J connectivity index is 3.09. The molecule has 0 aromatic carbocycles. The molecule has 0 radical (unpaired) electrons. The minimum Gasteiger partial charge on any atom is -0.444 e. The minimum absolute atomic E-state index is 0.000614. The first kappa shape index (κ1) is 31.7. The second-order valence-electron chi connectivity index (χ2n) is 11.7. The normalized spacial score (nSPS) is 22.4. The zero-order valence-electron chi connectivity index (χ0n) is 23.1. The third kappa shape index (κ3) is 10.3. The molecule has 0 saturated carbocycles. The molecule has 0 aromatic heterocycles. The van der Waals surface area contributed by atoms with Crippen molar-refractivity contribution in [1.82, 2.24) is 10.2 Å². The number of hydrogen-bond acceptors (Lipinski definition) is 5. The lowest BCUT2D eigenvalue weighted by Crippen LogP contribution is -2.47. The molecule has 1 rings (SSSR count). The van der Waals surface area contributed by atoms with Crippen molar-refractivity contribution in [1.29, 1.82) is 0 Å². The van der Waals surface area contributed by atoms with Crippen molar-refractivity contribution in [3.8, 4) is 0 Å². The molecule has 1 amide bonds. The van der Waals surface area contributed by atoms with E-state index in [1.165, 1.54) is 4.90 Å². The molecule has 0 aromatic rings. The van der Waals surface area contributed by atoms with Gasteiger partial charge in [-0.05, 0) is 53.4 Å². The molecule has 0 bridgehead atoms. The topological polar surface area (TPSA) is 67.9 Å². The zero-order valence-corrected chi connectivity index (χ0v) is 23.1. The predicted molar refractivity (Wildman–Crippen MR) is 134 cm³/mol. The first-order valence-electron chi connectivity index (χ1n) is 12.9. The van der Waals surface area contributed by atoms with Gasteiger partial charge in [0, 0.05) is 30.0 Å². The van der Waals surface area contributed by atoms with Crippen molar-refractivity contribution in [3.05, 3.63) is 0 Å². The molecule has 0 aliphatic carbocycles. The van der Waals surface area contributed by atoms with Crippen LogP contribution in [-0.4, -0.2) is 66.8 Å². The summed E-state index contributed by atoms with van der Waals surface area (Å²) in [5, 5.41) is 2.58. The van der Waals surface area contributed by atoms with E-state index in [0.29, 0.717) is 32.7 Å². The highest BCUT2D eigenvalue weighted by Gasteiger charge is 2.49. The molecule has 6 nitrogen and oxygen atoms in total. The summed E-state index contributed by atoms with van der Waals surface area (Å²) >= 11 is 0. The van der Waals surface area contributed by atoms with Gasteiger partial charge in [-0.25, -0.2) is 4.79 Å². The smallest absolute Gasteiger partial charge is 0.410 e. The summed E-state index contributed by atoms with van der Waals surface area (Å²) in [5.74, 6) is -0.543. The maximum atomic E-state index is 13.4. The monoisotopic (exact) mass is 506 g/mol. The maximum absolute atomic E-state index is 13.4. The van der Waals surface area contributed by atoms with Crippen LogP contribution < -0.4 is 5.32 Å². The largest absolute Gasteiger partial charge is 0.444 e. The number of amides is 1. The van der Waals surface area contributed by atoms with Crippen LogP contribution in [0.5, 0.6) is 0 Å². The molecule has 10 heteroatoms. The van der Waals surface area contributed by atoms with Crippen LogP contribution in [0.3, 0.4) is 0 Å². The number of Topliss-reactive ketones (excluding diaryl/α,β-unsaturated/α-hetero) is 1. The number of carbonyl (C=O) groups is 2. The Hall–Kier alpha value is -1.29. The summed E-state index contributed by atoms with van der Waals surface area (Å²) in [6, 6.07) is -1.48. The molecule has 1 N–H and O–H groups in total. The summed E-state index contributed by atoms with van der Waals surface area (Å²) in [4.78, 5) is 27.7. The van der Waals surface area contributed by atoms with Crippen LogP contribution in [0.25, 0.3) is 0 Å². The third-order valence-corrected chi connectivity index (χ3v) is 7.03. The van der Waals surface area contributed by atoms with E-state index in [1.54, 1.807) is 27.7 Å². The highest BCUT2D eigenvalue weighted by atomic mass is 19.4. The van der Waals surface area contributed by atoms with E-state index >= 15 is 0 Å². The number of ether oxygens (including phenoxy) is 1. The fourth-order valence-corrected chi connectivity index (χ4v) is 4.08. The van der Waals surface area contributed by atoms with E-state index in [2.05, 4.69) is 19.2 Å². The highest BCUT2D eigenvalue weighted by Crippen LogP contribution is 2.34. The predicted octanol–water partition coefficient (Wildman–Crippen LogP) is 5.36. The molecule has 35 heavy (non-hydrogen) atoms. The molecular weight excluding hydrogens is 460 g/mol. The highest BCUT2D eigenvalue weighted by molar-refractivity contribution is 6.27. The van der Waals surface area contributed by atoms with Gasteiger partial charge in [-0.3, -0.25) is 9.69 Å². The SMILES string of the molecule is CCC(C)C(=O)C1C(CCCBOC(C)(C)C(C)C)[C@@H](NCC(F)(F)F)CN1C(=O)OC(C)(C)C. The fourth-order valence-electron chi connectivity index (χ4n) is 4.08. The summed E-state index contributed by atoms with van der Waals surface area (Å²) < 4.78 is 50.6. The molecule has 1 saturated heterocycles. The van der Waals surface area contributed by atoms with Gasteiger partial charge < -0.3 is 14.7 Å². The zero-order chi connectivity index (χ0) is 27.2. The average molecular weight is 506 g/mol. The lowest BCUT2D eigenvalue weighted by molar-refractivity contribution is -0.128. The number of alkyl halides is 3. The van der Waals surface area contributed by atoms with E-state index in [1.807, 2.05) is 20.8 Å². The van der Waals surface area contributed by atoms with Crippen LogP contribution in [-0.2, 0) is 14.2 Å². The van der Waals surface area contributed by atoms with Crippen LogP contribution in [0.1, 0.15) is 81.6 Å². The van der Waals surface area contributed by atoms with Crippen LogP contribution in [0.2, 0.25) is 6.32 Å².